The summed E-state index contributed by atoms with van der Waals surface area (Å²) in [5.41, 5.74) is 3.77. The predicted molar refractivity (Wildman–Crippen MR) is 92.6 cm³/mol. The number of rotatable bonds is 6. The molecule has 21 heavy (non-hydrogen) atoms. The Morgan fingerprint density at radius 3 is 2.76 bits per heavy atom. The van der Waals surface area contributed by atoms with Gasteiger partial charge in [-0.2, -0.15) is 5.10 Å². The number of hydrogen-bond donors (Lipinski definition) is 2. The van der Waals surface area contributed by atoms with E-state index in [1.54, 1.807) is 18.0 Å². The Kier molecular flexibility index (Phi) is 6.13. The minimum atomic E-state index is -0.0699. The maximum Gasteiger partial charge on any atom is 0.0835 e. The molecule has 114 valence electrons. The minimum Gasteiger partial charge on any atom is -0.271 e. The van der Waals surface area contributed by atoms with Crippen molar-refractivity contribution >= 4 is 39.3 Å². The Morgan fingerprint density at radius 1 is 1.43 bits per heavy atom. The lowest BCUT2D eigenvalue weighted by molar-refractivity contribution is 0.468. The van der Waals surface area contributed by atoms with E-state index in [4.69, 9.17) is 17.4 Å². The van der Waals surface area contributed by atoms with Crippen LogP contribution in [0, 0.1) is 0 Å². The molecular weight excluding hydrogens is 372 g/mol. The van der Waals surface area contributed by atoms with Crippen LogP contribution in [0.5, 0.6) is 0 Å². The third-order valence-electron chi connectivity index (χ3n) is 3.05. The van der Waals surface area contributed by atoms with Gasteiger partial charge in [0.25, 0.3) is 0 Å². The molecule has 0 saturated carbocycles. The molecule has 0 amide bonds. The van der Waals surface area contributed by atoms with Crippen molar-refractivity contribution < 1.29 is 0 Å². The van der Waals surface area contributed by atoms with Crippen LogP contribution in [-0.2, 0) is 0 Å². The number of nitrogens with zero attached hydrogens (tertiary/aromatic N) is 2. The Bertz CT molecular complexity index is 602. The second-order valence-electron chi connectivity index (χ2n) is 4.88. The summed E-state index contributed by atoms with van der Waals surface area (Å²) in [5.74, 6) is 6.49. The summed E-state index contributed by atoms with van der Waals surface area (Å²) in [6.45, 7) is 4.14. The summed E-state index contributed by atoms with van der Waals surface area (Å²) in [6, 6.07) is 8.28. The van der Waals surface area contributed by atoms with Crippen LogP contribution in [0.2, 0.25) is 5.02 Å². The van der Waals surface area contributed by atoms with Gasteiger partial charge in [-0.1, -0.05) is 23.7 Å². The molecule has 0 radical (unpaired) electrons. The molecule has 0 aliphatic rings. The first-order chi connectivity index (χ1) is 10.0. The molecule has 1 aromatic carbocycles. The van der Waals surface area contributed by atoms with Gasteiger partial charge < -0.3 is 0 Å². The topological polar surface area (TPSA) is 55.9 Å². The molecule has 1 atom stereocenters. The second kappa shape index (κ2) is 7.65. The van der Waals surface area contributed by atoms with Crippen LogP contribution < -0.4 is 11.3 Å². The van der Waals surface area contributed by atoms with Crippen LogP contribution in [0.25, 0.3) is 0 Å². The first kappa shape index (κ1) is 16.8. The zero-order valence-electron chi connectivity index (χ0n) is 11.9. The van der Waals surface area contributed by atoms with E-state index >= 15 is 0 Å². The summed E-state index contributed by atoms with van der Waals surface area (Å²) in [5, 5.41) is 4.97. The van der Waals surface area contributed by atoms with E-state index < -0.39 is 0 Å². The van der Waals surface area contributed by atoms with E-state index in [1.807, 2.05) is 22.9 Å². The highest BCUT2D eigenvalue weighted by molar-refractivity contribution is 9.10. The van der Waals surface area contributed by atoms with E-state index in [-0.39, 0.29) is 12.1 Å². The van der Waals surface area contributed by atoms with Gasteiger partial charge in [0.1, 0.15) is 0 Å². The zero-order chi connectivity index (χ0) is 15.4. The average molecular weight is 390 g/mol. The fourth-order valence-corrected chi connectivity index (χ4v) is 3.90. The fourth-order valence-electron chi connectivity index (χ4n) is 2.03. The van der Waals surface area contributed by atoms with Crippen LogP contribution in [0.4, 0.5) is 0 Å². The molecule has 1 heterocycles. The van der Waals surface area contributed by atoms with Crippen molar-refractivity contribution in [1.29, 1.82) is 0 Å². The highest BCUT2D eigenvalue weighted by Gasteiger charge is 2.21. The number of hydrazine groups is 1. The first-order valence-electron chi connectivity index (χ1n) is 6.61. The number of aromatic nitrogens is 2. The Morgan fingerprint density at radius 2 is 2.14 bits per heavy atom. The smallest absolute Gasteiger partial charge is 0.0835 e. The van der Waals surface area contributed by atoms with E-state index in [1.165, 1.54) is 4.90 Å². The molecule has 3 N–H and O–H groups in total. The Balaban J connectivity index is 2.17. The second-order valence-corrected chi connectivity index (χ2v) is 7.20. The average Bonchev–Trinajstić information content (AvgIpc) is 2.84. The quantitative estimate of drug-likeness (QED) is 0.442. The molecule has 1 unspecified atom stereocenters. The molecule has 1 aromatic heterocycles. The fraction of sp³-hybridized carbons (Fsp3) is 0.357. The summed E-state index contributed by atoms with van der Waals surface area (Å²) in [4.78, 5) is 1.17. The summed E-state index contributed by atoms with van der Waals surface area (Å²) < 4.78 is 2.99. The zero-order valence-corrected chi connectivity index (χ0v) is 15.0. The van der Waals surface area contributed by atoms with Gasteiger partial charge in [0.2, 0.25) is 0 Å². The van der Waals surface area contributed by atoms with E-state index in [0.717, 1.165) is 15.9 Å². The van der Waals surface area contributed by atoms with Gasteiger partial charge >= 0.3 is 0 Å². The standard InChI is InChI=1S/C14H18BrClN4S/c1-9(2)20-14(11(16)7-18-20)12(19-17)8-21-13-6-4-3-5-10(13)15/h3-7,9,12,19H,8,17H2,1-2H3. The number of nitrogens with one attached hydrogen (secondary N) is 1. The number of halogens is 2. The van der Waals surface area contributed by atoms with Gasteiger partial charge in [0.15, 0.2) is 0 Å². The predicted octanol–water partition coefficient (Wildman–Crippen LogP) is 4.18. The van der Waals surface area contributed by atoms with E-state index in [9.17, 15) is 0 Å². The highest BCUT2D eigenvalue weighted by atomic mass is 79.9. The van der Waals surface area contributed by atoms with E-state index in [2.05, 4.69) is 46.4 Å². The maximum atomic E-state index is 6.28. The number of nitrogens with two attached hydrogens (primary N) is 1. The van der Waals surface area contributed by atoms with Gasteiger partial charge in [-0.05, 0) is 41.9 Å². The van der Waals surface area contributed by atoms with Crippen molar-refractivity contribution in [2.75, 3.05) is 5.75 Å². The van der Waals surface area contributed by atoms with Crippen molar-refractivity contribution in [1.82, 2.24) is 15.2 Å². The number of benzene rings is 1. The van der Waals surface area contributed by atoms with Crippen LogP contribution in [0.1, 0.15) is 31.6 Å². The normalized spacial score (nSPS) is 12.9. The van der Waals surface area contributed by atoms with E-state index in [0.29, 0.717) is 5.02 Å². The minimum absolute atomic E-state index is 0.0699. The third-order valence-corrected chi connectivity index (χ3v) is 5.46. The third kappa shape index (κ3) is 4.02. The lowest BCUT2D eigenvalue weighted by Crippen LogP contribution is -2.32. The Hall–Kier alpha value is -0.530. The molecular formula is C14H18BrClN4S. The van der Waals surface area contributed by atoms with Gasteiger partial charge in [0, 0.05) is 21.2 Å². The summed E-state index contributed by atoms with van der Waals surface area (Å²) >= 11 is 11.5. The van der Waals surface area contributed by atoms with Crippen LogP contribution >= 0.6 is 39.3 Å². The van der Waals surface area contributed by atoms with Crippen molar-refractivity contribution in [3.63, 3.8) is 0 Å². The molecule has 4 nitrogen and oxygen atoms in total. The molecule has 7 heteroatoms. The van der Waals surface area contributed by atoms with Gasteiger partial charge in [-0.15, -0.1) is 11.8 Å². The molecule has 2 rings (SSSR count). The molecule has 2 aromatic rings. The van der Waals surface area contributed by atoms with Crippen molar-refractivity contribution in [2.45, 2.75) is 30.8 Å². The summed E-state index contributed by atoms with van der Waals surface area (Å²) in [7, 11) is 0. The lowest BCUT2D eigenvalue weighted by atomic mass is 10.2. The van der Waals surface area contributed by atoms with Crippen molar-refractivity contribution in [2.24, 2.45) is 5.84 Å². The molecule has 0 aliphatic carbocycles. The molecule has 0 fully saturated rings. The van der Waals surface area contributed by atoms with Crippen LogP contribution in [0.15, 0.2) is 39.8 Å². The first-order valence-corrected chi connectivity index (χ1v) is 8.76. The van der Waals surface area contributed by atoms with Crippen molar-refractivity contribution in [3.05, 3.63) is 45.7 Å². The lowest BCUT2D eigenvalue weighted by Gasteiger charge is -2.20. The summed E-state index contributed by atoms with van der Waals surface area (Å²) in [6.07, 6.45) is 1.67. The van der Waals surface area contributed by atoms with Crippen LogP contribution in [-0.4, -0.2) is 15.5 Å². The van der Waals surface area contributed by atoms with Crippen LogP contribution in [0.3, 0.4) is 0 Å². The molecule has 0 bridgehead atoms. The number of hydrogen-bond acceptors (Lipinski definition) is 4. The largest absolute Gasteiger partial charge is 0.271 e. The van der Waals surface area contributed by atoms with Gasteiger partial charge in [-0.25, -0.2) is 0 Å². The molecule has 0 saturated heterocycles. The maximum absolute atomic E-state index is 6.28. The van der Waals surface area contributed by atoms with Gasteiger partial charge in [-0.3, -0.25) is 16.0 Å². The van der Waals surface area contributed by atoms with Crippen molar-refractivity contribution in [3.8, 4) is 0 Å². The number of thioether (sulfide) groups is 1. The Labute approximate surface area is 142 Å². The molecule has 0 spiro atoms. The SMILES string of the molecule is CC(C)n1ncc(Cl)c1C(CSc1ccccc1Br)NN. The highest BCUT2D eigenvalue weighted by Crippen LogP contribution is 2.32. The molecule has 0 aliphatic heterocycles. The monoisotopic (exact) mass is 388 g/mol. The van der Waals surface area contributed by atoms with Gasteiger partial charge in [0.05, 0.1) is 23.0 Å².